The van der Waals surface area contributed by atoms with Gasteiger partial charge in [0, 0.05) is 37.2 Å². The molecule has 0 amide bonds. The van der Waals surface area contributed by atoms with Crippen LogP contribution in [0, 0.1) is 0 Å². The molecule has 4 aromatic carbocycles. The zero-order chi connectivity index (χ0) is 17.3. The Morgan fingerprint density at radius 3 is 1.73 bits per heavy atom. The number of para-hydroxylation sites is 2. The van der Waals surface area contributed by atoms with Crippen LogP contribution in [-0.4, -0.2) is 0 Å². The summed E-state index contributed by atoms with van der Waals surface area (Å²) in [7, 11) is 0. The molecule has 2 heteroatoms. The zero-order valence-corrected chi connectivity index (χ0v) is 15.0. The number of anilines is 3. The molecule has 0 saturated carbocycles. The number of hydrogen-bond acceptors (Lipinski definition) is 2. The third-order valence-corrected chi connectivity index (χ3v) is 5.78. The fraction of sp³-hybridized carbons (Fsp3) is 0. The minimum atomic E-state index is 1.17. The van der Waals surface area contributed by atoms with E-state index in [9.17, 15) is 0 Å². The Hall–Kier alpha value is -3.10. The van der Waals surface area contributed by atoms with Crippen LogP contribution in [0.1, 0.15) is 0 Å². The predicted molar refractivity (Wildman–Crippen MR) is 114 cm³/mol. The van der Waals surface area contributed by atoms with Crippen LogP contribution in [0.15, 0.2) is 103 Å². The van der Waals surface area contributed by atoms with Crippen LogP contribution in [0.5, 0.6) is 0 Å². The average molecular weight is 351 g/mol. The maximum atomic E-state index is 2.31. The summed E-state index contributed by atoms with van der Waals surface area (Å²) in [4.78, 5) is 2.31. The molecule has 0 atom stereocenters. The third-order valence-electron chi connectivity index (χ3n) is 4.65. The standard InChI is InChI=1S/C24H17NS/c1-3-9-18(10-4-1)25(19-11-5-2-6-12-19)20-15-16-22-21-13-7-8-14-23(21)26-24(22)17-20/h1-17H. The van der Waals surface area contributed by atoms with Crippen molar-refractivity contribution < 1.29 is 0 Å². The van der Waals surface area contributed by atoms with Crippen molar-refractivity contribution >= 4 is 48.6 Å². The molecule has 1 nitrogen and oxygen atoms in total. The van der Waals surface area contributed by atoms with Gasteiger partial charge in [-0.15, -0.1) is 11.3 Å². The molecular weight excluding hydrogens is 334 g/mol. The number of rotatable bonds is 3. The van der Waals surface area contributed by atoms with Crippen molar-refractivity contribution in [2.24, 2.45) is 0 Å². The van der Waals surface area contributed by atoms with Gasteiger partial charge in [0.05, 0.1) is 0 Å². The van der Waals surface area contributed by atoms with Crippen LogP contribution in [0.25, 0.3) is 20.2 Å². The molecule has 0 N–H and O–H groups in total. The van der Waals surface area contributed by atoms with Crippen molar-refractivity contribution in [1.82, 2.24) is 0 Å². The largest absolute Gasteiger partial charge is 0.310 e. The van der Waals surface area contributed by atoms with Gasteiger partial charge in [0.1, 0.15) is 0 Å². The Kier molecular flexibility index (Phi) is 3.69. The first-order valence-corrected chi connectivity index (χ1v) is 9.53. The van der Waals surface area contributed by atoms with Crippen molar-refractivity contribution in [3.63, 3.8) is 0 Å². The normalized spacial score (nSPS) is 11.1. The lowest BCUT2D eigenvalue weighted by Crippen LogP contribution is -2.09. The first-order valence-electron chi connectivity index (χ1n) is 8.72. The van der Waals surface area contributed by atoms with E-state index in [0.717, 1.165) is 0 Å². The van der Waals surface area contributed by atoms with Gasteiger partial charge in [-0.1, -0.05) is 60.7 Å². The molecule has 0 fully saturated rings. The van der Waals surface area contributed by atoms with E-state index >= 15 is 0 Å². The van der Waals surface area contributed by atoms with Gasteiger partial charge in [-0.3, -0.25) is 0 Å². The van der Waals surface area contributed by atoms with Gasteiger partial charge < -0.3 is 4.90 Å². The molecule has 0 aliphatic heterocycles. The van der Waals surface area contributed by atoms with Crippen molar-refractivity contribution in [3.05, 3.63) is 103 Å². The van der Waals surface area contributed by atoms with Gasteiger partial charge in [0.15, 0.2) is 0 Å². The summed E-state index contributed by atoms with van der Waals surface area (Å²) < 4.78 is 2.66. The Morgan fingerprint density at radius 2 is 1.04 bits per heavy atom. The quantitative estimate of drug-likeness (QED) is 0.325. The molecule has 124 valence electrons. The Labute approximate surface area is 156 Å². The monoisotopic (exact) mass is 351 g/mol. The number of fused-ring (bicyclic) bond motifs is 3. The van der Waals surface area contributed by atoms with Crippen LogP contribution in [0.4, 0.5) is 17.1 Å². The lowest BCUT2D eigenvalue weighted by molar-refractivity contribution is 1.29. The number of benzene rings is 4. The molecule has 0 aliphatic rings. The third kappa shape index (κ3) is 2.56. The number of thiophene rings is 1. The minimum Gasteiger partial charge on any atom is -0.310 e. The molecule has 0 unspecified atom stereocenters. The summed E-state index contributed by atoms with van der Waals surface area (Å²) >= 11 is 1.86. The zero-order valence-electron chi connectivity index (χ0n) is 14.2. The fourth-order valence-electron chi connectivity index (χ4n) is 3.46. The highest BCUT2D eigenvalue weighted by atomic mass is 32.1. The smallest absolute Gasteiger partial charge is 0.0476 e. The van der Waals surface area contributed by atoms with Crippen molar-refractivity contribution in [1.29, 1.82) is 0 Å². The summed E-state index contributed by atoms with van der Waals surface area (Å²) in [5.41, 5.74) is 3.51. The average Bonchev–Trinajstić information content (AvgIpc) is 3.08. The van der Waals surface area contributed by atoms with Crippen LogP contribution in [0.2, 0.25) is 0 Å². The molecular formula is C24H17NS. The Morgan fingerprint density at radius 1 is 0.462 bits per heavy atom. The lowest BCUT2D eigenvalue weighted by atomic mass is 10.1. The summed E-state index contributed by atoms with van der Waals surface area (Å²) in [6.07, 6.45) is 0. The van der Waals surface area contributed by atoms with E-state index in [-0.39, 0.29) is 0 Å². The van der Waals surface area contributed by atoms with Crippen LogP contribution in [-0.2, 0) is 0 Å². The first-order chi connectivity index (χ1) is 12.9. The second kappa shape index (κ2) is 6.32. The molecule has 0 aliphatic carbocycles. The molecule has 0 bridgehead atoms. The van der Waals surface area contributed by atoms with E-state index in [0.29, 0.717) is 0 Å². The maximum absolute atomic E-state index is 2.31. The summed E-state index contributed by atoms with van der Waals surface area (Å²) in [5, 5.41) is 2.67. The summed E-state index contributed by atoms with van der Waals surface area (Å²) in [6, 6.07) is 36.5. The maximum Gasteiger partial charge on any atom is 0.0476 e. The predicted octanol–water partition coefficient (Wildman–Crippen LogP) is 7.52. The highest BCUT2D eigenvalue weighted by molar-refractivity contribution is 7.25. The molecule has 5 rings (SSSR count). The van der Waals surface area contributed by atoms with E-state index < -0.39 is 0 Å². The van der Waals surface area contributed by atoms with Gasteiger partial charge in [0.2, 0.25) is 0 Å². The summed E-state index contributed by atoms with van der Waals surface area (Å²) in [5.74, 6) is 0. The SMILES string of the molecule is c1ccc(N(c2ccccc2)c2ccc3c(c2)sc2ccccc23)cc1. The number of nitrogens with zero attached hydrogens (tertiary/aromatic N) is 1. The van der Waals surface area contributed by atoms with E-state index in [1.165, 1.54) is 37.2 Å². The van der Waals surface area contributed by atoms with Crippen molar-refractivity contribution in [2.75, 3.05) is 4.90 Å². The van der Waals surface area contributed by atoms with Crippen LogP contribution < -0.4 is 4.90 Å². The topological polar surface area (TPSA) is 3.24 Å². The second-order valence-electron chi connectivity index (χ2n) is 6.29. The van der Waals surface area contributed by atoms with E-state index in [4.69, 9.17) is 0 Å². The fourth-order valence-corrected chi connectivity index (χ4v) is 4.59. The lowest BCUT2D eigenvalue weighted by Gasteiger charge is -2.25. The van der Waals surface area contributed by atoms with E-state index in [1.54, 1.807) is 0 Å². The van der Waals surface area contributed by atoms with E-state index in [1.807, 2.05) is 11.3 Å². The van der Waals surface area contributed by atoms with Crippen molar-refractivity contribution in [2.45, 2.75) is 0 Å². The molecule has 1 aromatic heterocycles. The second-order valence-corrected chi connectivity index (χ2v) is 7.37. The van der Waals surface area contributed by atoms with Crippen LogP contribution >= 0.6 is 11.3 Å². The molecule has 0 radical (unpaired) electrons. The molecule has 26 heavy (non-hydrogen) atoms. The molecule has 5 aromatic rings. The molecule has 1 heterocycles. The van der Waals surface area contributed by atoms with Crippen molar-refractivity contribution in [3.8, 4) is 0 Å². The van der Waals surface area contributed by atoms with Crippen LogP contribution in [0.3, 0.4) is 0 Å². The van der Waals surface area contributed by atoms with Gasteiger partial charge in [-0.25, -0.2) is 0 Å². The van der Waals surface area contributed by atoms with Gasteiger partial charge in [0.25, 0.3) is 0 Å². The van der Waals surface area contributed by atoms with Gasteiger partial charge >= 0.3 is 0 Å². The number of hydrogen-bond donors (Lipinski definition) is 0. The molecule has 0 saturated heterocycles. The van der Waals surface area contributed by atoms with Gasteiger partial charge in [-0.2, -0.15) is 0 Å². The Bertz CT molecular complexity index is 1140. The van der Waals surface area contributed by atoms with E-state index in [2.05, 4.69) is 108 Å². The summed E-state index contributed by atoms with van der Waals surface area (Å²) in [6.45, 7) is 0. The highest BCUT2D eigenvalue weighted by Crippen LogP contribution is 2.40. The first kappa shape index (κ1) is 15.2. The minimum absolute atomic E-state index is 1.17. The highest BCUT2D eigenvalue weighted by Gasteiger charge is 2.13. The Balaban J connectivity index is 1.72. The van der Waals surface area contributed by atoms with Gasteiger partial charge in [-0.05, 0) is 42.5 Å². The molecule has 0 spiro atoms.